The Kier molecular flexibility index (Phi) is 2.49. The minimum absolute atomic E-state index is 0.508. The van der Waals surface area contributed by atoms with E-state index in [1.54, 1.807) is 31.6 Å². The van der Waals surface area contributed by atoms with Crippen LogP contribution in [-0.4, -0.2) is 17.1 Å². The highest BCUT2D eigenvalue weighted by molar-refractivity contribution is 5.63. The van der Waals surface area contributed by atoms with Gasteiger partial charge in [-0.1, -0.05) is 0 Å². The molecule has 2 aromatic heterocycles. The molecule has 2 N–H and O–H groups in total. The van der Waals surface area contributed by atoms with E-state index in [-0.39, 0.29) is 0 Å². The molecule has 2 aromatic rings. The molecule has 0 fully saturated rings. The summed E-state index contributed by atoms with van der Waals surface area (Å²) in [7, 11) is 1.56. The summed E-state index contributed by atoms with van der Waals surface area (Å²) < 4.78 is 5.05. The summed E-state index contributed by atoms with van der Waals surface area (Å²) in [5, 5.41) is 0. The highest BCUT2D eigenvalue weighted by Crippen LogP contribution is 2.22. The van der Waals surface area contributed by atoms with Crippen LogP contribution in [0.5, 0.6) is 5.88 Å². The number of hydrogen-bond donors (Lipinski definition) is 1. The number of methoxy groups -OCH3 is 1. The molecule has 0 amide bonds. The zero-order chi connectivity index (χ0) is 10.7. The number of nitrogens with zero attached hydrogens (tertiary/aromatic N) is 2. The fraction of sp³-hybridized carbons (Fsp3) is 0.0909. The van der Waals surface area contributed by atoms with Gasteiger partial charge in [0.05, 0.1) is 12.8 Å². The number of rotatable bonds is 2. The van der Waals surface area contributed by atoms with Crippen molar-refractivity contribution in [3.05, 3.63) is 36.7 Å². The van der Waals surface area contributed by atoms with Crippen LogP contribution < -0.4 is 10.5 Å². The second-order valence-electron chi connectivity index (χ2n) is 3.07. The quantitative estimate of drug-likeness (QED) is 0.803. The van der Waals surface area contributed by atoms with Gasteiger partial charge in [-0.05, 0) is 18.2 Å². The number of nitrogens with two attached hydrogens (primary N) is 1. The van der Waals surface area contributed by atoms with Crippen LogP contribution in [0, 0.1) is 0 Å². The monoisotopic (exact) mass is 201 g/mol. The molecule has 0 aliphatic carbocycles. The first-order chi connectivity index (χ1) is 7.29. The molecule has 0 aliphatic rings. The van der Waals surface area contributed by atoms with E-state index in [2.05, 4.69) is 9.97 Å². The zero-order valence-corrected chi connectivity index (χ0v) is 8.34. The Morgan fingerprint density at radius 1 is 1.33 bits per heavy atom. The van der Waals surface area contributed by atoms with Gasteiger partial charge in [-0.15, -0.1) is 0 Å². The summed E-state index contributed by atoms with van der Waals surface area (Å²) in [4.78, 5) is 8.30. The third kappa shape index (κ3) is 2.04. The second kappa shape index (κ2) is 3.96. The van der Waals surface area contributed by atoms with Crippen molar-refractivity contribution in [2.75, 3.05) is 12.8 Å². The first-order valence-electron chi connectivity index (χ1n) is 4.51. The van der Waals surface area contributed by atoms with Crippen LogP contribution in [0.15, 0.2) is 36.7 Å². The standard InChI is InChI=1S/C11H11N3O/c1-15-11-6-9(12)5-10(14-11)8-3-2-4-13-7-8/h2-7H,1H3,(H2,12,14). The minimum Gasteiger partial charge on any atom is -0.481 e. The van der Waals surface area contributed by atoms with Crippen molar-refractivity contribution in [2.45, 2.75) is 0 Å². The van der Waals surface area contributed by atoms with Crippen molar-refractivity contribution >= 4 is 5.69 Å². The van der Waals surface area contributed by atoms with Crippen molar-refractivity contribution in [1.82, 2.24) is 9.97 Å². The number of anilines is 1. The highest BCUT2D eigenvalue weighted by Gasteiger charge is 2.03. The molecule has 0 spiro atoms. The van der Waals surface area contributed by atoms with E-state index >= 15 is 0 Å². The van der Waals surface area contributed by atoms with E-state index in [0.717, 1.165) is 11.3 Å². The van der Waals surface area contributed by atoms with Crippen LogP contribution in [-0.2, 0) is 0 Å². The summed E-state index contributed by atoms with van der Waals surface area (Å²) in [6, 6.07) is 7.25. The lowest BCUT2D eigenvalue weighted by Crippen LogP contribution is -1.94. The van der Waals surface area contributed by atoms with Crippen LogP contribution in [0.3, 0.4) is 0 Å². The van der Waals surface area contributed by atoms with E-state index in [0.29, 0.717) is 11.6 Å². The molecular weight excluding hydrogens is 190 g/mol. The predicted octanol–water partition coefficient (Wildman–Crippen LogP) is 1.73. The Bertz CT molecular complexity index is 457. The molecule has 76 valence electrons. The van der Waals surface area contributed by atoms with Gasteiger partial charge >= 0.3 is 0 Å². The summed E-state index contributed by atoms with van der Waals surface area (Å²) in [6.07, 6.45) is 3.45. The van der Waals surface area contributed by atoms with Gasteiger partial charge in [0.25, 0.3) is 0 Å². The van der Waals surface area contributed by atoms with Crippen LogP contribution in [0.4, 0.5) is 5.69 Å². The van der Waals surface area contributed by atoms with Crippen LogP contribution in [0.25, 0.3) is 11.3 Å². The number of nitrogen functional groups attached to an aromatic ring is 1. The van der Waals surface area contributed by atoms with Gasteiger partial charge in [-0.25, -0.2) is 4.98 Å². The molecule has 0 bridgehead atoms. The van der Waals surface area contributed by atoms with Gasteiger partial charge in [0.2, 0.25) is 5.88 Å². The topological polar surface area (TPSA) is 61.0 Å². The zero-order valence-electron chi connectivity index (χ0n) is 8.34. The lowest BCUT2D eigenvalue weighted by Gasteiger charge is -2.04. The van der Waals surface area contributed by atoms with E-state index in [1.165, 1.54) is 0 Å². The smallest absolute Gasteiger partial charge is 0.215 e. The molecule has 15 heavy (non-hydrogen) atoms. The molecule has 0 aliphatic heterocycles. The van der Waals surface area contributed by atoms with Gasteiger partial charge in [-0.3, -0.25) is 4.98 Å². The normalized spacial score (nSPS) is 9.93. The maximum absolute atomic E-state index is 5.73. The molecule has 2 rings (SSSR count). The average Bonchev–Trinajstić information content (AvgIpc) is 2.29. The van der Waals surface area contributed by atoms with Crippen LogP contribution >= 0.6 is 0 Å². The van der Waals surface area contributed by atoms with Crippen molar-refractivity contribution < 1.29 is 4.74 Å². The van der Waals surface area contributed by atoms with Crippen LogP contribution in [0.1, 0.15) is 0 Å². The summed E-state index contributed by atoms with van der Waals surface area (Å²) in [5.74, 6) is 0.508. The number of aromatic nitrogens is 2. The molecule has 0 radical (unpaired) electrons. The molecule has 4 nitrogen and oxygen atoms in total. The van der Waals surface area contributed by atoms with E-state index in [1.807, 2.05) is 12.1 Å². The van der Waals surface area contributed by atoms with Crippen molar-refractivity contribution in [3.8, 4) is 17.1 Å². The Morgan fingerprint density at radius 2 is 2.20 bits per heavy atom. The molecule has 0 aromatic carbocycles. The number of ether oxygens (including phenoxy) is 1. The third-order valence-electron chi connectivity index (χ3n) is 1.99. The van der Waals surface area contributed by atoms with Crippen molar-refractivity contribution in [3.63, 3.8) is 0 Å². The summed E-state index contributed by atoms with van der Waals surface area (Å²) >= 11 is 0. The Labute approximate surface area is 87.7 Å². The van der Waals surface area contributed by atoms with Gasteiger partial charge in [0.15, 0.2) is 0 Å². The minimum atomic E-state index is 0.508. The lowest BCUT2D eigenvalue weighted by atomic mass is 10.2. The largest absolute Gasteiger partial charge is 0.481 e. The van der Waals surface area contributed by atoms with Crippen LogP contribution in [0.2, 0.25) is 0 Å². The number of hydrogen-bond acceptors (Lipinski definition) is 4. The maximum Gasteiger partial charge on any atom is 0.215 e. The van der Waals surface area contributed by atoms with Gasteiger partial charge in [0.1, 0.15) is 0 Å². The van der Waals surface area contributed by atoms with E-state index < -0.39 is 0 Å². The summed E-state index contributed by atoms with van der Waals surface area (Å²) in [6.45, 7) is 0. The Hall–Kier alpha value is -2.10. The maximum atomic E-state index is 5.73. The van der Waals surface area contributed by atoms with Crippen molar-refractivity contribution in [2.24, 2.45) is 0 Å². The molecule has 0 unspecified atom stereocenters. The highest BCUT2D eigenvalue weighted by atomic mass is 16.5. The Balaban J connectivity index is 2.49. The molecule has 4 heteroatoms. The SMILES string of the molecule is COc1cc(N)cc(-c2cccnc2)n1. The number of pyridine rings is 2. The fourth-order valence-corrected chi connectivity index (χ4v) is 1.29. The Morgan fingerprint density at radius 3 is 2.87 bits per heavy atom. The summed E-state index contributed by atoms with van der Waals surface area (Å²) in [5.41, 5.74) is 8.04. The predicted molar refractivity (Wildman–Crippen MR) is 58.4 cm³/mol. The third-order valence-corrected chi connectivity index (χ3v) is 1.99. The first-order valence-corrected chi connectivity index (χ1v) is 4.51. The molecular formula is C11H11N3O. The molecule has 0 saturated heterocycles. The second-order valence-corrected chi connectivity index (χ2v) is 3.07. The lowest BCUT2D eigenvalue weighted by molar-refractivity contribution is 0.398. The molecule has 2 heterocycles. The first kappa shape index (κ1) is 9.45. The van der Waals surface area contributed by atoms with Gasteiger partial charge in [-0.2, -0.15) is 0 Å². The fourth-order valence-electron chi connectivity index (χ4n) is 1.29. The van der Waals surface area contributed by atoms with Crippen molar-refractivity contribution in [1.29, 1.82) is 0 Å². The van der Waals surface area contributed by atoms with E-state index in [9.17, 15) is 0 Å². The molecule has 0 saturated carbocycles. The average molecular weight is 201 g/mol. The molecule has 0 atom stereocenters. The van der Waals surface area contributed by atoms with Gasteiger partial charge < -0.3 is 10.5 Å². The van der Waals surface area contributed by atoms with Gasteiger partial charge in [0, 0.05) is 29.7 Å². The van der Waals surface area contributed by atoms with E-state index in [4.69, 9.17) is 10.5 Å².